The van der Waals surface area contributed by atoms with Crippen molar-refractivity contribution in [2.75, 3.05) is 19.6 Å². The number of carbonyl (C=O) groups is 2. The lowest BCUT2D eigenvalue weighted by molar-refractivity contribution is -0.127. The normalized spacial score (nSPS) is 28.2. The SMILES string of the molecule is CC(C)(C)OC(=O)N1CCCC2(CCNC(=O)C2)C1. The number of rotatable bonds is 0. The molecule has 2 fully saturated rings. The van der Waals surface area contributed by atoms with Crippen LogP contribution in [0.25, 0.3) is 0 Å². The third-order valence-corrected chi connectivity index (χ3v) is 3.83. The highest BCUT2D eigenvalue weighted by Gasteiger charge is 2.41. The van der Waals surface area contributed by atoms with E-state index in [1.807, 2.05) is 20.8 Å². The van der Waals surface area contributed by atoms with Gasteiger partial charge in [-0.05, 0) is 45.4 Å². The van der Waals surface area contributed by atoms with Gasteiger partial charge in [0.25, 0.3) is 0 Å². The Bertz CT molecular complexity index is 371. The molecule has 19 heavy (non-hydrogen) atoms. The molecule has 1 spiro atoms. The Labute approximate surface area is 114 Å². The first-order valence-electron chi connectivity index (χ1n) is 7.04. The zero-order valence-corrected chi connectivity index (χ0v) is 12.1. The maximum absolute atomic E-state index is 12.1. The highest BCUT2D eigenvalue weighted by atomic mass is 16.6. The molecular formula is C14H24N2O3. The Hall–Kier alpha value is -1.26. The Morgan fingerprint density at radius 1 is 1.37 bits per heavy atom. The summed E-state index contributed by atoms with van der Waals surface area (Å²) in [6, 6.07) is 0. The molecule has 2 saturated heterocycles. The second-order valence-electron chi connectivity index (χ2n) is 6.78. The molecule has 2 aliphatic heterocycles. The maximum atomic E-state index is 12.1. The fraction of sp³-hybridized carbons (Fsp3) is 0.857. The summed E-state index contributed by atoms with van der Waals surface area (Å²) in [4.78, 5) is 25.5. The molecule has 0 aromatic carbocycles. The van der Waals surface area contributed by atoms with Crippen LogP contribution in [0.15, 0.2) is 0 Å². The number of ether oxygens (including phenoxy) is 1. The van der Waals surface area contributed by atoms with Gasteiger partial charge in [0.15, 0.2) is 0 Å². The van der Waals surface area contributed by atoms with Gasteiger partial charge in [0.1, 0.15) is 5.60 Å². The van der Waals surface area contributed by atoms with Crippen LogP contribution in [-0.2, 0) is 9.53 Å². The van der Waals surface area contributed by atoms with Gasteiger partial charge in [-0.2, -0.15) is 0 Å². The van der Waals surface area contributed by atoms with Crippen LogP contribution in [0.1, 0.15) is 46.5 Å². The Balaban J connectivity index is 2.00. The van der Waals surface area contributed by atoms with Crippen molar-refractivity contribution in [1.29, 1.82) is 0 Å². The van der Waals surface area contributed by atoms with E-state index in [-0.39, 0.29) is 17.4 Å². The standard InChI is InChI=1S/C14H24N2O3/c1-13(2,3)19-12(18)16-8-4-5-14(10-16)6-7-15-11(17)9-14/h4-10H2,1-3H3,(H,15,17). The third kappa shape index (κ3) is 3.61. The largest absolute Gasteiger partial charge is 0.444 e. The van der Waals surface area contributed by atoms with Crippen molar-refractivity contribution in [3.8, 4) is 0 Å². The van der Waals surface area contributed by atoms with Gasteiger partial charge in [-0.25, -0.2) is 4.79 Å². The van der Waals surface area contributed by atoms with Crippen molar-refractivity contribution in [1.82, 2.24) is 10.2 Å². The third-order valence-electron chi connectivity index (χ3n) is 3.83. The molecule has 2 amide bonds. The molecule has 0 aromatic heterocycles. The van der Waals surface area contributed by atoms with Crippen molar-refractivity contribution in [2.24, 2.45) is 5.41 Å². The number of nitrogens with one attached hydrogen (secondary N) is 1. The predicted octanol–water partition coefficient (Wildman–Crippen LogP) is 1.91. The lowest BCUT2D eigenvalue weighted by Gasteiger charge is -2.44. The highest BCUT2D eigenvalue weighted by molar-refractivity contribution is 5.77. The fourth-order valence-electron chi connectivity index (χ4n) is 3.00. The van der Waals surface area contributed by atoms with E-state index < -0.39 is 5.60 Å². The summed E-state index contributed by atoms with van der Waals surface area (Å²) >= 11 is 0. The minimum absolute atomic E-state index is 0.0303. The minimum atomic E-state index is -0.467. The number of piperidine rings is 2. The summed E-state index contributed by atoms with van der Waals surface area (Å²) in [5.41, 5.74) is -0.497. The molecule has 2 heterocycles. The average molecular weight is 268 g/mol. The number of amides is 2. The summed E-state index contributed by atoms with van der Waals surface area (Å²) in [6.45, 7) is 7.73. The summed E-state index contributed by atoms with van der Waals surface area (Å²) in [7, 11) is 0. The van der Waals surface area contributed by atoms with Crippen LogP contribution in [0.4, 0.5) is 4.79 Å². The number of hydrogen-bond donors (Lipinski definition) is 1. The molecule has 0 radical (unpaired) electrons. The van der Waals surface area contributed by atoms with Crippen LogP contribution in [0.3, 0.4) is 0 Å². The second kappa shape index (κ2) is 5.02. The molecule has 0 aromatic rings. The monoisotopic (exact) mass is 268 g/mol. The first-order valence-corrected chi connectivity index (χ1v) is 7.04. The van der Waals surface area contributed by atoms with Gasteiger partial charge in [-0.1, -0.05) is 0 Å². The van der Waals surface area contributed by atoms with Gasteiger partial charge >= 0.3 is 6.09 Å². The number of nitrogens with zero attached hydrogens (tertiary/aromatic N) is 1. The van der Waals surface area contributed by atoms with Gasteiger partial charge in [0.05, 0.1) is 0 Å². The first kappa shape index (κ1) is 14.2. The number of likely N-dealkylation sites (tertiary alicyclic amines) is 1. The van der Waals surface area contributed by atoms with Gasteiger partial charge < -0.3 is 15.0 Å². The second-order valence-corrected chi connectivity index (χ2v) is 6.78. The van der Waals surface area contributed by atoms with E-state index >= 15 is 0 Å². The summed E-state index contributed by atoms with van der Waals surface area (Å²) in [6.07, 6.45) is 3.22. The molecule has 0 bridgehead atoms. The minimum Gasteiger partial charge on any atom is -0.444 e. The summed E-state index contributed by atoms with van der Waals surface area (Å²) in [5.74, 6) is 0.109. The highest BCUT2D eigenvalue weighted by Crippen LogP contribution is 2.38. The van der Waals surface area contributed by atoms with Gasteiger partial charge in [-0.3, -0.25) is 4.79 Å². The van der Waals surface area contributed by atoms with Gasteiger partial charge in [-0.15, -0.1) is 0 Å². The molecule has 2 aliphatic rings. The molecular weight excluding hydrogens is 244 g/mol. The molecule has 1 atom stereocenters. The van der Waals surface area contributed by atoms with E-state index in [2.05, 4.69) is 5.32 Å². The van der Waals surface area contributed by atoms with Crippen LogP contribution in [0, 0.1) is 5.41 Å². The van der Waals surface area contributed by atoms with Crippen molar-refractivity contribution in [3.05, 3.63) is 0 Å². The molecule has 1 unspecified atom stereocenters. The van der Waals surface area contributed by atoms with E-state index in [1.54, 1.807) is 4.90 Å². The topological polar surface area (TPSA) is 58.6 Å². The van der Waals surface area contributed by atoms with E-state index in [4.69, 9.17) is 4.74 Å². The molecule has 5 nitrogen and oxygen atoms in total. The smallest absolute Gasteiger partial charge is 0.410 e. The van der Waals surface area contributed by atoms with E-state index in [0.717, 1.165) is 32.4 Å². The number of carbonyl (C=O) groups excluding carboxylic acids is 2. The van der Waals surface area contributed by atoms with E-state index in [9.17, 15) is 9.59 Å². The lowest BCUT2D eigenvalue weighted by Crippen LogP contribution is -2.52. The van der Waals surface area contributed by atoms with Crippen molar-refractivity contribution < 1.29 is 14.3 Å². The molecule has 5 heteroatoms. The van der Waals surface area contributed by atoms with Crippen LogP contribution in [0.5, 0.6) is 0 Å². The van der Waals surface area contributed by atoms with Crippen LogP contribution in [-0.4, -0.2) is 42.1 Å². The Morgan fingerprint density at radius 3 is 2.74 bits per heavy atom. The molecule has 1 N–H and O–H groups in total. The zero-order chi connectivity index (χ0) is 14.1. The first-order chi connectivity index (χ1) is 8.80. The van der Waals surface area contributed by atoms with Crippen molar-refractivity contribution >= 4 is 12.0 Å². The molecule has 2 rings (SSSR count). The summed E-state index contributed by atoms with van der Waals surface area (Å²) < 4.78 is 5.42. The number of hydrogen-bond acceptors (Lipinski definition) is 3. The van der Waals surface area contributed by atoms with Gasteiger partial charge in [0.2, 0.25) is 5.91 Å². The van der Waals surface area contributed by atoms with Crippen LogP contribution < -0.4 is 5.32 Å². The van der Waals surface area contributed by atoms with Crippen LogP contribution >= 0.6 is 0 Å². The van der Waals surface area contributed by atoms with Crippen molar-refractivity contribution in [2.45, 2.75) is 52.1 Å². The molecule has 0 saturated carbocycles. The Kier molecular flexibility index (Phi) is 3.74. The summed E-state index contributed by atoms with van der Waals surface area (Å²) in [5, 5.41) is 2.86. The maximum Gasteiger partial charge on any atom is 0.410 e. The average Bonchev–Trinajstić information content (AvgIpc) is 2.26. The zero-order valence-electron chi connectivity index (χ0n) is 12.1. The van der Waals surface area contributed by atoms with Gasteiger partial charge in [0, 0.05) is 26.1 Å². The van der Waals surface area contributed by atoms with E-state index in [0.29, 0.717) is 13.0 Å². The quantitative estimate of drug-likeness (QED) is 0.730. The molecule has 0 aliphatic carbocycles. The van der Waals surface area contributed by atoms with E-state index in [1.165, 1.54) is 0 Å². The molecule has 108 valence electrons. The van der Waals surface area contributed by atoms with Crippen molar-refractivity contribution in [3.63, 3.8) is 0 Å². The Morgan fingerprint density at radius 2 is 2.11 bits per heavy atom. The predicted molar refractivity (Wildman–Crippen MR) is 71.7 cm³/mol. The fourth-order valence-corrected chi connectivity index (χ4v) is 3.00. The van der Waals surface area contributed by atoms with Crippen LogP contribution in [0.2, 0.25) is 0 Å². The lowest BCUT2D eigenvalue weighted by atomic mass is 9.73.